The summed E-state index contributed by atoms with van der Waals surface area (Å²) in [5.74, 6) is 0.174. The molecule has 1 aliphatic heterocycles. The molecule has 1 aromatic carbocycles. The highest BCUT2D eigenvalue weighted by Crippen LogP contribution is 2.20. The SMILES string of the molecule is COc1ccc(NNC(=O)C2CC(F)CN2C(N)=O)cc1. The zero-order valence-electron chi connectivity index (χ0n) is 11.5. The summed E-state index contributed by atoms with van der Waals surface area (Å²) >= 11 is 0. The molecule has 0 aromatic heterocycles. The number of carbonyl (C=O) groups excluding carboxylic acids is 2. The van der Waals surface area contributed by atoms with Crippen LogP contribution in [0.4, 0.5) is 14.9 Å². The molecule has 2 unspecified atom stereocenters. The fourth-order valence-electron chi connectivity index (χ4n) is 2.17. The largest absolute Gasteiger partial charge is 0.497 e. The van der Waals surface area contributed by atoms with Crippen molar-refractivity contribution in [2.45, 2.75) is 18.6 Å². The number of nitrogens with zero attached hydrogens (tertiary/aromatic N) is 1. The third kappa shape index (κ3) is 3.53. The van der Waals surface area contributed by atoms with Crippen LogP contribution in [0.25, 0.3) is 0 Å². The van der Waals surface area contributed by atoms with Crippen LogP contribution in [0, 0.1) is 0 Å². The number of halogens is 1. The second-order valence-electron chi connectivity index (χ2n) is 4.68. The Morgan fingerprint density at radius 3 is 2.62 bits per heavy atom. The Morgan fingerprint density at radius 2 is 2.05 bits per heavy atom. The Morgan fingerprint density at radius 1 is 1.38 bits per heavy atom. The molecule has 21 heavy (non-hydrogen) atoms. The van der Waals surface area contributed by atoms with E-state index in [9.17, 15) is 14.0 Å². The van der Waals surface area contributed by atoms with E-state index in [0.29, 0.717) is 11.4 Å². The van der Waals surface area contributed by atoms with E-state index in [4.69, 9.17) is 10.5 Å². The first-order valence-corrected chi connectivity index (χ1v) is 6.41. The number of ether oxygens (including phenoxy) is 1. The maximum absolute atomic E-state index is 13.3. The van der Waals surface area contributed by atoms with Crippen LogP contribution in [0.1, 0.15) is 6.42 Å². The average Bonchev–Trinajstić information content (AvgIpc) is 2.87. The van der Waals surface area contributed by atoms with Crippen LogP contribution < -0.4 is 21.3 Å². The number of hydrogen-bond acceptors (Lipinski definition) is 4. The normalized spacial score (nSPS) is 21.0. The van der Waals surface area contributed by atoms with Crippen LogP contribution >= 0.6 is 0 Å². The molecule has 0 bridgehead atoms. The van der Waals surface area contributed by atoms with Gasteiger partial charge < -0.3 is 15.4 Å². The minimum atomic E-state index is -1.24. The summed E-state index contributed by atoms with van der Waals surface area (Å²) in [7, 11) is 1.55. The molecule has 0 aliphatic carbocycles. The fourth-order valence-corrected chi connectivity index (χ4v) is 2.17. The van der Waals surface area contributed by atoms with E-state index < -0.39 is 24.2 Å². The number of likely N-dealkylation sites (tertiary alicyclic amines) is 1. The summed E-state index contributed by atoms with van der Waals surface area (Å²) in [5, 5.41) is 0. The first kappa shape index (κ1) is 14.9. The summed E-state index contributed by atoms with van der Waals surface area (Å²) in [5.41, 5.74) is 10.9. The quantitative estimate of drug-likeness (QED) is 0.710. The molecule has 3 amide bonds. The number of methoxy groups -OCH3 is 1. The maximum atomic E-state index is 13.3. The standard InChI is InChI=1S/C13H17FN4O3/c1-21-10-4-2-9(3-5-10)16-17-12(19)11-6-8(14)7-18(11)13(15)20/h2-5,8,11,16H,6-7H2,1H3,(H2,15,20)(H,17,19). The van der Waals surface area contributed by atoms with Crippen molar-refractivity contribution in [1.29, 1.82) is 0 Å². The predicted molar refractivity (Wildman–Crippen MR) is 74.3 cm³/mol. The lowest BCUT2D eigenvalue weighted by molar-refractivity contribution is -0.124. The summed E-state index contributed by atoms with van der Waals surface area (Å²) < 4.78 is 18.3. The van der Waals surface area contributed by atoms with Gasteiger partial charge in [-0.25, -0.2) is 9.18 Å². The van der Waals surface area contributed by atoms with Crippen LogP contribution in [0.3, 0.4) is 0 Å². The van der Waals surface area contributed by atoms with Gasteiger partial charge >= 0.3 is 6.03 Å². The van der Waals surface area contributed by atoms with Crippen molar-refractivity contribution >= 4 is 17.6 Å². The van der Waals surface area contributed by atoms with Gasteiger partial charge in [0.05, 0.1) is 19.3 Å². The molecule has 0 radical (unpaired) electrons. The molecule has 7 nitrogen and oxygen atoms in total. The van der Waals surface area contributed by atoms with Crippen molar-refractivity contribution in [3.63, 3.8) is 0 Å². The first-order chi connectivity index (χ1) is 10.0. The Bertz CT molecular complexity index is 523. The third-order valence-electron chi connectivity index (χ3n) is 3.26. The highest BCUT2D eigenvalue weighted by atomic mass is 19.1. The van der Waals surface area contributed by atoms with E-state index in [-0.39, 0.29) is 13.0 Å². The molecule has 4 N–H and O–H groups in total. The van der Waals surface area contributed by atoms with Gasteiger partial charge in [-0.05, 0) is 24.3 Å². The van der Waals surface area contributed by atoms with Crippen molar-refractivity contribution in [3.8, 4) is 5.75 Å². The maximum Gasteiger partial charge on any atom is 0.315 e. The Kier molecular flexibility index (Phi) is 4.46. The molecule has 1 aliphatic rings. The Hall–Kier alpha value is -2.51. The minimum Gasteiger partial charge on any atom is -0.497 e. The van der Waals surface area contributed by atoms with Crippen LogP contribution in [0.2, 0.25) is 0 Å². The topological polar surface area (TPSA) is 96.7 Å². The van der Waals surface area contributed by atoms with Gasteiger partial charge in [-0.2, -0.15) is 0 Å². The number of primary amides is 1. The number of nitrogens with two attached hydrogens (primary N) is 1. The first-order valence-electron chi connectivity index (χ1n) is 6.41. The van der Waals surface area contributed by atoms with Gasteiger partial charge in [-0.1, -0.05) is 0 Å². The molecule has 0 saturated carbocycles. The van der Waals surface area contributed by atoms with E-state index in [1.807, 2.05) is 0 Å². The smallest absolute Gasteiger partial charge is 0.315 e. The van der Waals surface area contributed by atoms with Crippen molar-refractivity contribution in [2.24, 2.45) is 5.73 Å². The van der Waals surface area contributed by atoms with E-state index in [0.717, 1.165) is 4.90 Å². The number of benzene rings is 1. The van der Waals surface area contributed by atoms with Crippen molar-refractivity contribution in [3.05, 3.63) is 24.3 Å². The summed E-state index contributed by atoms with van der Waals surface area (Å²) in [6.45, 7) is -0.157. The number of alkyl halides is 1. The molecule has 1 fully saturated rings. The predicted octanol–water partition coefficient (Wildman–Crippen LogP) is 0.629. The lowest BCUT2D eigenvalue weighted by Crippen LogP contribution is -2.49. The number of rotatable bonds is 4. The number of amides is 3. The van der Waals surface area contributed by atoms with E-state index in [1.165, 1.54) is 0 Å². The Balaban J connectivity index is 1.92. The van der Waals surface area contributed by atoms with Gasteiger partial charge in [-0.15, -0.1) is 0 Å². The lowest BCUT2D eigenvalue weighted by Gasteiger charge is -2.21. The number of hydrogen-bond donors (Lipinski definition) is 3. The summed E-state index contributed by atoms with van der Waals surface area (Å²) in [6.07, 6.45) is -1.30. The molecule has 1 saturated heterocycles. The number of anilines is 1. The monoisotopic (exact) mass is 296 g/mol. The third-order valence-corrected chi connectivity index (χ3v) is 3.26. The van der Waals surface area contributed by atoms with E-state index >= 15 is 0 Å². The molecule has 2 rings (SSSR count). The summed E-state index contributed by atoms with van der Waals surface area (Å²) in [4.78, 5) is 24.2. The van der Waals surface area contributed by atoms with Gasteiger partial charge in [0.2, 0.25) is 0 Å². The highest BCUT2D eigenvalue weighted by molar-refractivity contribution is 5.88. The molecule has 0 spiro atoms. The molecule has 8 heteroatoms. The molecular weight excluding hydrogens is 279 g/mol. The van der Waals surface area contributed by atoms with Gasteiger partial charge in [0.25, 0.3) is 5.91 Å². The minimum absolute atomic E-state index is 0.0565. The summed E-state index contributed by atoms with van der Waals surface area (Å²) in [6, 6.07) is 5.15. The number of carbonyl (C=O) groups is 2. The number of urea groups is 1. The molecule has 1 heterocycles. The van der Waals surface area contributed by atoms with E-state index in [1.54, 1.807) is 31.4 Å². The highest BCUT2D eigenvalue weighted by Gasteiger charge is 2.39. The van der Waals surface area contributed by atoms with Crippen molar-refractivity contribution in [1.82, 2.24) is 10.3 Å². The van der Waals surface area contributed by atoms with Crippen LogP contribution in [-0.4, -0.2) is 42.7 Å². The van der Waals surface area contributed by atoms with E-state index in [2.05, 4.69) is 10.9 Å². The molecule has 1 aromatic rings. The van der Waals surface area contributed by atoms with Gasteiger partial charge in [0.15, 0.2) is 0 Å². The van der Waals surface area contributed by atoms with Crippen molar-refractivity contribution < 1.29 is 18.7 Å². The van der Waals surface area contributed by atoms with Gasteiger partial charge in [0, 0.05) is 6.42 Å². The average molecular weight is 296 g/mol. The van der Waals surface area contributed by atoms with Crippen LogP contribution in [0.5, 0.6) is 5.75 Å². The number of hydrazine groups is 1. The van der Waals surface area contributed by atoms with Gasteiger partial charge in [-0.3, -0.25) is 15.6 Å². The second-order valence-corrected chi connectivity index (χ2v) is 4.68. The molecular formula is C13H17FN4O3. The van der Waals surface area contributed by atoms with Crippen molar-refractivity contribution in [2.75, 3.05) is 19.1 Å². The lowest BCUT2D eigenvalue weighted by atomic mass is 10.2. The molecule has 114 valence electrons. The second kappa shape index (κ2) is 6.29. The molecule has 2 atom stereocenters. The number of nitrogens with one attached hydrogen (secondary N) is 2. The Labute approximate surface area is 121 Å². The van der Waals surface area contributed by atoms with Gasteiger partial charge in [0.1, 0.15) is 18.0 Å². The zero-order valence-corrected chi connectivity index (χ0v) is 11.5. The zero-order chi connectivity index (χ0) is 15.4. The van der Waals surface area contributed by atoms with Crippen LogP contribution in [-0.2, 0) is 4.79 Å². The van der Waals surface area contributed by atoms with Crippen LogP contribution in [0.15, 0.2) is 24.3 Å². The fraction of sp³-hybridized carbons (Fsp3) is 0.385.